The van der Waals surface area contributed by atoms with E-state index in [1.807, 2.05) is 0 Å². The minimum Gasteiger partial charge on any atom is -0.486 e. The fourth-order valence-electron chi connectivity index (χ4n) is 2.35. The number of carbonyl (C=O) groups excluding carboxylic acids is 1. The van der Waals surface area contributed by atoms with Crippen molar-refractivity contribution in [3.8, 4) is 5.75 Å². The smallest absolute Gasteiger partial charge is 0.274 e. The summed E-state index contributed by atoms with van der Waals surface area (Å²) in [5, 5.41) is 6.35. The Morgan fingerprint density at radius 2 is 1.81 bits per heavy atom. The third kappa shape index (κ3) is 4.46. The summed E-state index contributed by atoms with van der Waals surface area (Å²) in [4.78, 5) is 12.4. The minimum absolute atomic E-state index is 0.00266. The van der Waals surface area contributed by atoms with Crippen molar-refractivity contribution in [1.29, 1.82) is 0 Å². The van der Waals surface area contributed by atoms with E-state index in [0.29, 0.717) is 23.0 Å². The number of halogens is 3. The molecule has 2 aromatic carbocycles. The lowest BCUT2D eigenvalue weighted by molar-refractivity contribution is 0.0939. The van der Waals surface area contributed by atoms with Crippen LogP contribution in [0.15, 0.2) is 47.0 Å². The summed E-state index contributed by atoms with van der Waals surface area (Å²) in [5.74, 6) is -2.29. The summed E-state index contributed by atoms with van der Waals surface area (Å²) in [5.41, 5.74) is 1.05. The number of rotatable bonds is 6. The number of carbonyl (C=O) groups is 1. The van der Waals surface area contributed by atoms with Crippen molar-refractivity contribution in [2.24, 2.45) is 0 Å². The van der Waals surface area contributed by atoms with E-state index in [4.69, 9.17) is 9.26 Å². The number of ether oxygens (including phenoxy) is 1. The van der Waals surface area contributed by atoms with Gasteiger partial charge in [0.15, 0.2) is 17.3 Å². The first-order valence-corrected chi connectivity index (χ1v) is 7.99. The summed E-state index contributed by atoms with van der Waals surface area (Å²) in [7, 11) is 0. The van der Waals surface area contributed by atoms with Crippen LogP contribution in [0.25, 0.3) is 0 Å². The second-order valence-corrected chi connectivity index (χ2v) is 5.74. The van der Waals surface area contributed by atoms with Gasteiger partial charge < -0.3 is 14.6 Å². The number of nitrogens with one attached hydrogen (secondary N) is 1. The number of aryl methyl sites for hydroxylation is 1. The van der Waals surface area contributed by atoms with Crippen LogP contribution in [-0.2, 0) is 13.2 Å². The SMILES string of the molecule is Cc1onc(C(=O)NCc2ccc(F)cc2)c1COc1ccc(F)cc1F. The van der Waals surface area contributed by atoms with Crippen LogP contribution in [0, 0.1) is 24.4 Å². The topological polar surface area (TPSA) is 64.4 Å². The second kappa shape index (κ2) is 7.94. The van der Waals surface area contributed by atoms with E-state index < -0.39 is 17.5 Å². The summed E-state index contributed by atoms with van der Waals surface area (Å²) in [6.07, 6.45) is 0. The van der Waals surface area contributed by atoms with Crippen LogP contribution in [0.1, 0.15) is 27.4 Å². The Balaban J connectivity index is 1.68. The third-order valence-corrected chi connectivity index (χ3v) is 3.83. The van der Waals surface area contributed by atoms with E-state index in [1.54, 1.807) is 19.1 Å². The molecular formula is C19H15F3N2O3. The molecule has 0 bridgehead atoms. The molecule has 0 aliphatic carbocycles. The molecule has 1 N–H and O–H groups in total. The molecule has 0 saturated heterocycles. The van der Waals surface area contributed by atoms with Crippen molar-refractivity contribution in [3.05, 3.63) is 82.5 Å². The van der Waals surface area contributed by atoms with Crippen LogP contribution in [-0.4, -0.2) is 11.1 Å². The molecule has 0 fully saturated rings. The van der Waals surface area contributed by atoms with Crippen LogP contribution in [0.2, 0.25) is 0 Å². The molecule has 0 atom stereocenters. The zero-order chi connectivity index (χ0) is 19.4. The molecule has 0 unspecified atom stereocenters. The predicted octanol–water partition coefficient (Wildman–Crippen LogP) is 3.91. The lowest BCUT2D eigenvalue weighted by Gasteiger charge is -2.08. The van der Waals surface area contributed by atoms with E-state index >= 15 is 0 Å². The molecule has 0 aliphatic heterocycles. The molecule has 3 rings (SSSR count). The highest BCUT2D eigenvalue weighted by atomic mass is 19.1. The van der Waals surface area contributed by atoms with Crippen molar-refractivity contribution in [2.75, 3.05) is 0 Å². The normalized spacial score (nSPS) is 10.7. The van der Waals surface area contributed by atoms with Crippen molar-refractivity contribution in [3.63, 3.8) is 0 Å². The van der Waals surface area contributed by atoms with Gasteiger partial charge in [-0.3, -0.25) is 4.79 Å². The van der Waals surface area contributed by atoms with Crippen LogP contribution in [0.4, 0.5) is 13.2 Å². The molecule has 1 aromatic heterocycles. The van der Waals surface area contributed by atoms with Crippen LogP contribution < -0.4 is 10.1 Å². The maximum absolute atomic E-state index is 13.7. The first kappa shape index (κ1) is 18.5. The van der Waals surface area contributed by atoms with Gasteiger partial charge in [0.25, 0.3) is 5.91 Å². The van der Waals surface area contributed by atoms with E-state index in [2.05, 4.69) is 10.5 Å². The summed E-state index contributed by atoms with van der Waals surface area (Å²) in [6, 6.07) is 8.59. The van der Waals surface area contributed by atoms with Crippen LogP contribution >= 0.6 is 0 Å². The third-order valence-electron chi connectivity index (χ3n) is 3.83. The van der Waals surface area contributed by atoms with E-state index in [9.17, 15) is 18.0 Å². The number of nitrogens with zero attached hydrogens (tertiary/aromatic N) is 1. The second-order valence-electron chi connectivity index (χ2n) is 5.74. The summed E-state index contributed by atoms with van der Waals surface area (Å²) in [6.45, 7) is 1.57. The Bertz CT molecular complexity index is 955. The van der Waals surface area contributed by atoms with Gasteiger partial charge in [0.2, 0.25) is 0 Å². The highest BCUT2D eigenvalue weighted by Crippen LogP contribution is 2.21. The molecule has 0 aliphatic rings. The van der Waals surface area contributed by atoms with Gasteiger partial charge in [-0.1, -0.05) is 17.3 Å². The fourth-order valence-corrected chi connectivity index (χ4v) is 2.35. The average Bonchev–Trinajstić information content (AvgIpc) is 3.01. The number of hydrogen-bond donors (Lipinski definition) is 1. The van der Waals surface area contributed by atoms with Gasteiger partial charge in [-0.25, -0.2) is 13.2 Å². The summed E-state index contributed by atoms with van der Waals surface area (Å²) >= 11 is 0. The lowest BCUT2D eigenvalue weighted by atomic mass is 10.2. The highest BCUT2D eigenvalue weighted by Gasteiger charge is 2.20. The first-order valence-electron chi connectivity index (χ1n) is 7.99. The molecule has 140 valence electrons. The highest BCUT2D eigenvalue weighted by molar-refractivity contribution is 5.93. The minimum atomic E-state index is -0.855. The number of hydrogen-bond acceptors (Lipinski definition) is 4. The molecule has 0 spiro atoms. The quantitative estimate of drug-likeness (QED) is 0.709. The first-order chi connectivity index (χ1) is 12.9. The van der Waals surface area contributed by atoms with Crippen molar-refractivity contribution in [1.82, 2.24) is 10.5 Å². The standard InChI is InChI=1S/C19H15F3N2O3/c1-11-15(10-26-17-7-6-14(21)8-16(17)22)18(24-27-11)19(25)23-9-12-2-4-13(20)5-3-12/h2-8H,9-10H2,1H3,(H,23,25). The molecule has 0 saturated carbocycles. The zero-order valence-electron chi connectivity index (χ0n) is 14.3. The van der Waals surface area contributed by atoms with Gasteiger partial charge in [0.1, 0.15) is 24.0 Å². The fraction of sp³-hybridized carbons (Fsp3) is 0.158. The summed E-state index contributed by atoms with van der Waals surface area (Å²) < 4.78 is 49.9. The molecule has 0 radical (unpaired) electrons. The van der Waals surface area contributed by atoms with E-state index in [1.165, 1.54) is 12.1 Å². The maximum Gasteiger partial charge on any atom is 0.274 e. The number of aromatic nitrogens is 1. The molecule has 1 heterocycles. The molecule has 5 nitrogen and oxygen atoms in total. The van der Waals surface area contributed by atoms with Crippen LogP contribution in [0.5, 0.6) is 5.75 Å². The molecule has 8 heteroatoms. The largest absolute Gasteiger partial charge is 0.486 e. The monoisotopic (exact) mass is 376 g/mol. The Morgan fingerprint density at radius 1 is 1.11 bits per heavy atom. The van der Waals surface area contributed by atoms with Gasteiger partial charge in [-0.2, -0.15) is 0 Å². The lowest BCUT2D eigenvalue weighted by Crippen LogP contribution is -2.24. The van der Waals surface area contributed by atoms with Crippen LogP contribution in [0.3, 0.4) is 0 Å². The number of benzene rings is 2. The van der Waals surface area contributed by atoms with Crippen molar-refractivity contribution >= 4 is 5.91 Å². The molecular weight excluding hydrogens is 361 g/mol. The van der Waals surface area contributed by atoms with Gasteiger partial charge >= 0.3 is 0 Å². The van der Waals surface area contributed by atoms with Gasteiger partial charge in [-0.05, 0) is 36.8 Å². The molecule has 1 amide bonds. The Morgan fingerprint density at radius 3 is 2.52 bits per heavy atom. The number of amides is 1. The van der Waals surface area contributed by atoms with Gasteiger partial charge in [0.05, 0.1) is 5.56 Å². The Labute approximate surface area is 152 Å². The molecule has 3 aromatic rings. The molecule has 27 heavy (non-hydrogen) atoms. The zero-order valence-corrected chi connectivity index (χ0v) is 14.3. The Kier molecular flexibility index (Phi) is 5.44. The Hall–Kier alpha value is -3.29. The van der Waals surface area contributed by atoms with E-state index in [0.717, 1.165) is 12.1 Å². The van der Waals surface area contributed by atoms with E-state index in [-0.39, 0.29) is 30.4 Å². The van der Waals surface area contributed by atoms with Gasteiger partial charge in [-0.15, -0.1) is 0 Å². The van der Waals surface area contributed by atoms with Crippen molar-refractivity contribution < 1.29 is 27.2 Å². The van der Waals surface area contributed by atoms with Crippen molar-refractivity contribution in [2.45, 2.75) is 20.1 Å². The maximum atomic E-state index is 13.7. The average molecular weight is 376 g/mol. The predicted molar refractivity (Wildman–Crippen MR) is 89.5 cm³/mol. The van der Waals surface area contributed by atoms with Gasteiger partial charge in [0, 0.05) is 12.6 Å².